The zero-order chi connectivity index (χ0) is 15.4. The predicted molar refractivity (Wildman–Crippen MR) is 79.4 cm³/mol. The number of carboxylic acid groups (broad SMARTS) is 1. The molecule has 0 aliphatic carbocycles. The molecule has 0 saturated carbocycles. The summed E-state index contributed by atoms with van der Waals surface area (Å²) in [5, 5.41) is 11.7. The highest BCUT2D eigenvalue weighted by Crippen LogP contribution is 2.15. The van der Waals surface area contributed by atoms with Gasteiger partial charge in [-0.15, -0.1) is 0 Å². The number of nitrogens with zero attached hydrogens (tertiary/aromatic N) is 1. The summed E-state index contributed by atoms with van der Waals surface area (Å²) in [6.45, 7) is 3.60. The highest BCUT2D eigenvalue weighted by molar-refractivity contribution is 5.94. The van der Waals surface area contributed by atoms with Gasteiger partial charge < -0.3 is 10.4 Å². The van der Waals surface area contributed by atoms with Gasteiger partial charge in [-0.1, -0.05) is 6.07 Å². The molecule has 5 heteroatoms. The van der Waals surface area contributed by atoms with Gasteiger partial charge in [0.15, 0.2) is 0 Å². The molecule has 0 fully saturated rings. The lowest BCUT2D eigenvalue weighted by Gasteiger charge is -2.08. The number of carbonyl (C=O) groups is 2. The largest absolute Gasteiger partial charge is 0.478 e. The summed E-state index contributed by atoms with van der Waals surface area (Å²) < 4.78 is 0. The van der Waals surface area contributed by atoms with E-state index in [9.17, 15) is 9.59 Å². The maximum absolute atomic E-state index is 12.0. The summed E-state index contributed by atoms with van der Waals surface area (Å²) in [6, 6.07) is 8.44. The number of aromatic nitrogens is 1. The molecule has 0 saturated heterocycles. The summed E-state index contributed by atoms with van der Waals surface area (Å²) in [5.74, 6) is -1.16. The molecule has 1 aromatic carbocycles. The molecule has 21 heavy (non-hydrogen) atoms. The molecule has 1 heterocycles. The van der Waals surface area contributed by atoms with Crippen molar-refractivity contribution in [2.24, 2.45) is 0 Å². The lowest BCUT2D eigenvalue weighted by Crippen LogP contribution is -2.16. The fourth-order valence-electron chi connectivity index (χ4n) is 2.04. The van der Waals surface area contributed by atoms with Crippen LogP contribution in [0, 0.1) is 13.8 Å². The summed E-state index contributed by atoms with van der Waals surface area (Å²) in [5.41, 5.74) is 3.11. The quantitative estimate of drug-likeness (QED) is 0.904. The zero-order valence-corrected chi connectivity index (χ0v) is 11.9. The molecule has 0 aliphatic rings. The Morgan fingerprint density at radius 1 is 1.19 bits per heavy atom. The summed E-state index contributed by atoms with van der Waals surface area (Å²) >= 11 is 0. The summed E-state index contributed by atoms with van der Waals surface area (Å²) in [6.07, 6.45) is 1.84. The van der Waals surface area contributed by atoms with E-state index in [4.69, 9.17) is 5.11 Å². The standard InChI is InChI=1S/C16H16N2O3/c1-10-4-3-7-17-14(10)9-15(19)18-12-5-6-13(16(20)21)11(2)8-12/h3-8H,9H2,1-2H3,(H,18,19)(H,20,21). The van der Waals surface area contributed by atoms with Crippen molar-refractivity contribution in [3.63, 3.8) is 0 Å². The first kappa shape index (κ1) is 14.7. The van der Waals surface area contributed by atoms with Gasteiger partial charge in [0.05, 0.1) is 17.7 Å². The smallest absolute Gasteiger partial charge is 0.335 e. The second kappa shape index (κ2) is 6.17. The van der Waals surface area contributed by atoms with E-state index in [-0.39, 0.29) is 17.9 Å². The second-order valence-corrected chi connectivity index (χ2v) is 4.83. The maximum atomic E-state index is 12.0. The Kier molecular flexibility index (Phi) is 4.33. The summed E-state index contributed by atoms with van der Waals surface area (Å²) in [4.78, 5) is 27.1. The normalized spacial score (nSPS) is 10.2. The first-order chi connectivity index (χ1) is 9.97. The molecule has 2 rings (SSSR count). The minimum Gasteiger partial charge on any atom is -0.478 e. The molecule has 0 radical (unpaired) electrons. The minimum absolute atomic E-state index is 0.181. The molecule has 1 amide bonds. The van der Waals surface area contributed by atoms with Crippen LogP contribution in [-0.2, 0) is 11.2 Å². The number of carboxylic acids is 1. The molecule has 5 nitrogen and oxygen atoms in total. The topological polar surface area (TPSA) is 79.3 Å². The van der Waals surface area contributed by atoms with Gasteiger partial charge in [0.25, 0.3) is 0 Å². The molecule has 2 aromatic rings. The number of carbonyl (C=O) groups excluding carboxylic acids is 1. The van der Waals surface area contributed by atoms with Crippen LogP contribution in [0.1, 0.15) is 27.2 Å². The first-order valence-corrected chi connectivity index (χ1v) is 6.51. The SMILES string of the molecule is Cc1cc(NC(=O)Cc2ncccc2C)ccc1C(=O)O. The van der Waals surface area contributed by atoms with Crippen LogP contribution in [0.15, 0.2) is 36.5 Å². The van der Waals surface area contributed by atoms with Crippen molar-refractivity contribution in [1.29, 1.82) is 0 Å². The average Bonchev–Trinajstić information content (AvgIpc) is 2.41. The van der Waals surface area contributed by atoms with E-state index < -0.39 is 5.97 Å². The van der Waals surface area contributed by atoms with Gasteiger partial charge in [0, 0.05) is 11.9 Å². The number of rotatable bonds is 4. The Morgan fingerprint density at radius 3 is 2.57 bits per heavy atom. The van der Waals surface area contributed by atoms with Gasteiger partial charge in [-0.2, -0.15) is 0 Å². The number of benzene rings is 1. The number of amides is 1. The monoisotopic (exact) mass is 284 g/mol. The zero-order valence-electron chi connectivity index (χ0n) is 11.9. The third-order valence-electron chi connectivity index (χ3n) is 3.19. The Balaban J connectivity index is 2.08. The summed E-state index contributed by atoms with van der Waals surface area (Å²) in [7, 11) is 0. The predicted octanol–water partition coefficient (Wildman–Crippen LogP) is 2.58. The number of anilines is 1. The van der Waals surface area contributed by atoms with E-state index in [2.05, 4.69) is 10.3 Å². The van der Waals surface area contributed by atoms with Gasteiger partial charge in [-0.25, -0.2) is 4.79 Å². The minimum atomic E-state index is -0.977. The van der Waals surface area contributed by atoms with Crippen LogP contribution in [0.5, 0.6) is 0 Å². The van der Waals surface area contributed by atoms with Crippen LogP contribution in [0.3, 0.4) is 0 Å². The lowest BCUT2D eigenvalue weighted by molar-refractivity contribution is -0.115. The Labute approximate surface area is 122 Å². The van der Waals surface area contributed by atoms with Gasteiger partial charge in [-0.05, 0) is 49.2 Å². The molecule has 0 aliphatic heterocycles. The molecule has 0 spiro atoms. The number of nitrogens with one attached hydrogen (secondary N) is 1. The molecule has 1 aromatic heterocycles. The Bertz CT molecular complexity index is 696. The van der Waals surface area contributed by atoms with E-state index in [1.54, 1.807) is 25.3 Å². The van der Waals surface area contributed by atoms with Crippen LogP contribution in [0.25, 0.3) is 0 Å². The highest BCUT2D eigenvalue weighted by Gasteiger charge is 2.10. The van der Waals surface area contributed by atoms with Crippen LogP contribution < -0.4 is 5.32 Å². The van der Waals surface area contributed by atoms with E-state index >= 15 is 0 Å². The van der Waals surface area contributed by atoms with Crippen molar-refractivity contribution < 1.29 is 14.7 Å². The highest BCUT2D eigenvalue weighted by atomic mass is 16.4. The number of hydrogen-bond donors (Lipinski definition) is 2. The van der Waals surface area contributed by atoms with Crippen LogP contribution in [0.4, 0.5) is 5.69 Å². The van der Waals surface area contributed by atoms with Crippen molar-refractivity contribution in [3.8, 4) is 0 Å². The van der Waals surface area contributed by atoms with Crippen molar-refractivity contribution in [1.82, 2.24) is 4.98 Å². The third kappa shape index (κ3) is 3.66. The molecule has 108 valence electrons. The number of hydrogen-bond acceptors (Lipinski definition) is 3. The van der Waals surface area contributed by atoms with E-state index in [0.717, 1.165) is 11.3 Å². The van der Waals surface area contributed by atoms with Crippen LogP contribution in [-0.4, -0.2) is 22.0 Å². The average molecular weight is 284 g/mol. The van der Waals surface area contributed by atoms with Gasteiger partial charge in [0.2, 0.25) is 5.91 Å². The molecule has 2 N–H and O–H groups in total. The van der Waals surface area contributed by atoms with Gasteiger partial charge in [0.1, 0.15) is 0 Å². The molecular weight excluding hydrogens is 268 g/mol. The Hall–Kier alpha value is -2.69. The van der Waals surface area contributed by atoms with E-state index in [1.165, 1.54) is 6.07 Å². The number of pyridine rings is 1. The lowest BCUT2D eigenvalue weighted by atomic mass is 10.1. The van der Waals surface area contributed by atoms with Crippen LogP contribution >= 0.6 is 0 Å². The number of aromatic carboxylic acids is 1. The number of aryl methyl sites for hydroxylation is 2. The van der Waals surface area contributed by atoms with Crippen molar-refractivity contribution in [2.45, 2.75) is 20.3 Å². The van der Waals surface area contributed by atoms with E-state index in [1.807, 2.05) is 19.1 Å². The molecule has 0 unspecified atom stereocenters. The maximum Gasteiger partial charge on any atom is 0.335 e. The van der Waals surface area contributed by atoms with Crippen molar-refractivity contribution >= 4 is 17.6 Å². The fourth-order valence-corrected chi connectivity index (χ4v) is 2.04. The molecular formula is C16H16N2O3. The van der Waals surface area contributed by atoms with E-state index in [0.29, 0.717) is 11.3 Å². The molecule has 0 atom stereocenters. The first-order valence-electron chi connectivity index (χ1n) is 6.51. The van der Waals surface area contributed by atoms with Crippen LogP contribution in [0.2, 0.25) is 0 Å². The molecule has 0 bridgehead atoms. The fraction of sp³-hybridized carbons (Fsp3) is 0.188. The third-order valence-corrected chi connectivity index (χ3v) is 3.19. The second-order valence-electron chi connectivity index (χ2n) is 4.83. The van der Waals surface area contributed by atoms with Crippen molar-refractivity contribution in [3.05, 3.63) is 58.9 Å². The van der Waals surface area contributed by atoms with Gasteiger partial charge >= 0.3 is 5.97 Å². The Morgan fingerprint density at radius 2 is 1.95 bits per heavy atom. The van der Waals surface area contributed by atoms with Crippen molar-refractivity contribution in [2.75, 3.05) is 5.32 Å². The van der Waals surface area contributed by atoms with Gasteiger partial charge in [-0.3, -0.25) is 9.78 Å².